The summed E-state index contributed by atoms with van der Waals surface area (Å²) in [6.07, 6.45) is 1.61. The van der Waals surface area contributed by atoms with Crippen molar-refractivity contribution in [1.29, 1.82) is 0 Å². The van der Waals surface area contributed by atoms with E-state index in [1.807, 2.05) is 0 Å². The van der Waals surface area contributed by atoms with Crippen molar-refractivity contribution in [3.63, 3.8) is 0 Å². The summed E-state index contributed by atoms with van der Waals surface area (Å²) >= 11 is 10.5. The molecule has 0 aliphatic heterocycles. The minimum atomic E-state index is -0.512. The quantitative estimate of drug-likeness (QED) is 0.703. The molecule has 0 unspecified atom stereocenters. The molecule has 0 radical (unpaired) electrons. The first-order valence-corrected chi connectivity index (χ1v) is 7.00. The van der Waals surface area contributed by atoms with Gasteiger partial charge in [0.05, 0.1) is 16.1 Å². The van der Waals surface area contributed by atoms with Crippen molar-refractivity contribution in [3.05, 3.63) is 39.2 Å². The zero-order valence-corrected chi connectivity index (χ0v) is 12.2. The molecule has 0 amide bonds. The average Bonchev–Trinajstić information content (AvgIpc) is 2.98. The zero-order chi connectivity index (χ0) is 13.4. The molecule has 3 aromatic rings. The van der Waals surface area contributed by atoms with E-state index in [1.165, 1.54) is 23.5 Å². The van der Waals surface area contributed by atoms with Crippen LogP contribution in [0, 0.1) is 5.82 Å². The summed E-state index contributed by atoms with van der Waals surface area (Å²) in [7, 11) is 0. The van der Waals surface area contributed by atoms with Crippen LogP contribution in [-0.4, -0.2) is 25.2 Å². The van der Waals surface area contributed by atoms with Gasteiger partial charge in [-0.3, -0.25) is 0 Å². The van der Waals surface area contributed by atoms with Crippen LogP contribution in [0.3, 0.4) is 0 Å². The summed E-state index contributed by atoms with van der Waals surface area (Å²) in [5.41, 5.74) is 0.0755. The first-order chi connectivity index (χ1) is 9.15. The number of tetrazole rings is 1. The maximum atomic E-state index is 13.7. The van der Waals surface area contributed by atoms with Gasteiger partial charge >= 0.3 is 0 Å². The van der Waals surface area contributed by atoms with Crippen molar-refractivity contribution in [1.82, 2.24) is 25.2 Å². The fourth-order valence-electron chi connectivity index (χ4n) is 1.44. The van der Waals surface area contributed by atoms with Crippen LogP contribution in [-0.2, 0) is 0 Å². The van der Waals surface area contributed by atoms with Gasteiger partial charge in [0.15, 0.2) is 9.73 Å². The molecule has 9 heteroatoms. The first-order valence-electron chi connectivity index (χ1n) is 5.01. The summed E-state index contributed by atoms with van der Waals surface area (Å²) in [5, 5.41) is 12.0. The Morgan fingerprint density at radius 3 is 2.89 bits per heavy atom. The number of para-hydroxylation sites is 1. The van der Waals surface area contributed by atoms with Gasteiger partial charge in [-0.15, -0.1) is 26.3 Å². The number of rotatable bonds is 2. The van der Waals surface area contributed by atoms with Gasteiger partial charge < -0.3 is 0 Å². The van der Waals surface area contributed by atoms with E-state index in [-0.39, 0.29) is 10.7 Å². The molecule has 0 aliphatic carbocycles. The number of aromatic nitrogens is 5. The van der Waals surface area contributed by atoms with Crippen LogP contribution in [0.4, 0.5) is 4.39 Å². The van der Waals surface area contributed by atoms with Gasteiger partial charge in [-0.25, -0.2) is 9.37 Å². The third-order valence-corrected chi connectivity index (χ3v) is 4.03. The molecule has 0 spiro atoms. The molecule has 0 saturated carbocycles. The van der Waals surface area contributed by atoms with Crippen LogP contribution in [0.5, 0.6) is 0 Å². The molecule has 1 aromatic carbocycles. The van der Waals surface area contributed by atoms with E-state index in [4.69, 9.17) is 11.6 Å². The summed E-state index contributed by atoms with van der Waals surface area (Å²) in [5.74, 6) is -0.149. The summed E-state index contributed by atoms with van der Waals surface area (Å²) in [4.78, 5) is 5.83. The predicted molar refractivity (Wildman–Crippen MR) is 72.9 cm³/mol. The second-order valence-electron chi connectivity index (χ2n) is 3.45. The molecule has 19 heavy (non-hydrogen) atoms. The fourth-order valence-corrected chi connectivity index (χ4v) is 2.87. The maximum absolute atomic E-state index is 13.7. The Morgan fingerprint density at radius 1 is 1.37 bits per heavy atom. The van der Waals surface area contributed by atoms with E-state index in [2.05, 4.69) is 36.3 Å². The summed E-state index contributed by atoms with van der Waals surface area (Å²) < 4.78 is 14.4. The van der Waals surface area contributed by atoms with Gasteiger partial charge in [0.2, 0.25) is 5.82 Å². The van der Waals surface area contributed by atoms with Gasteiger partial charge in [0, 0.05) is 0 Å². The van der Waals surface area contributed by atoms with Gasteiger partial charge in [0.25, 0.3) is 0 Å². The Morgan fingerprint density at radius 2 is 2.21 bits per heavy atom. The van der Waals surface area contributed by atoms with E-state index >= 15 is 0 Å². The maximum Gasteiger partial charge on any atom is 0.216 e. The molecule has 0 N–H and O–H groups in total. The molecule has 0 atom stereocenters. The van der Waals surface area contributed by atoms with E-state index in [1.54, 1.807) is 12.3 Å². The lowest BCUT2D eigenvalue weighted by molar-refractivity contribution is 0.592. The van der Waals surface area contributed by atoms with E-state index < -0.39 is 5.82 Å². The van der Waals surface area contributed by atoms with Crippen molar-refractivity contribution >= 4 is 38.9 Å². The number of halogens is 3. The number of benzene rings is 1. The van der Waals surface area contributed by atoms with Gasteiger partial charge in [-0.05, 0) is 33.3 Å². The van der Waals surface area contributed by atoms with Crippen molar-refractivity contribution in [3.8, 4) is 16.4 Å². The normalized spacial score (nSPS) is 10.9. The topological polar surface area (TPSA) is 56.5 Å². The lowest BCUT2D eigenvalue weighted by atomic mass is 10.3. The second kappa shape index (κ2) is 4.95. The lowest BCUT2D eigenvalue weighted by Gasteiger charge is -2.01. The molecule has 2 aromatic heterocycles. The lowest BCUT2D eigenvalue weighted by Crippen LogP contribution is -2.03. The van der Waals surface area contributed by atoms with Crippen molar-refractivity contribution in [2.45, 2.75) is 0 Å². The van der Waals surface area contributed by atoms with Crippen molar-refractivity contribution in [2.24, 2.45) is 0 Å². The number of nitrogens with zero attached hydrogens (tertiary/aromatic N) is 5. The molecule has 5 nitrogen and oxygen atoms in total. The number of hydrogen-bond acceptors (Lipinski definition) is 5. The van der Waals surface area contributed by atoms with E-state index in [0.29, 0.717) is 9.74 Å². The third kappa shape index (κ3) is 2.38. The van der Waals surface area contributed by atoms with Crippen LogP contribution in [0.15, 0.2) is 28.3 Å². The van der Waals surface area contributed by atoms with Crippen molar-refractivity contribution < 1.29 is 4.39 Å². The Kier molecular flexibility index (Phi) is 3.29. The third-order valence-electron chi connectivity index (χ3n) is 2.25. The largest absolute Gasteiger partial charge is 0.237 e. The molecule has 2 heterocycles. The van der Waals surface area contributed by atoms with Gasteiger partial charge in [-0.1, -0.05) is 17.7 Å². The first kappa shape index (κ1) is 12.6. The van der Waals surface area contributed by atoms with Crippen LogP contribution < -0.4 is 0 Å². The summed E-state index contributed by atoms with van der Waals surface area (Å²) in [6, 6.07) is 4.36. The molecule has 0 saturated heterocycles. The fraction of sp³-hybridized carbons (Fsp3) is 0. The predicted octanol–water partition coefficient (Wildman–Crippen LogP) is 3.34. The number of hydrogen-bond donors (Lipinski definition) is 0. The minimum Gasteiger partial charge on any atom is -0.237 e. The van der Waals surface area contributed by atoms with Crippen LogP contribution in [0.25, 0.3) is 16.4 Å². The molecule has 0 aliphatic rings. The monoisotopic (exact) mass is 359 g/mol. The van der Waals surface area contributed by atoms with Crippen molar-refractivity contribution in [2.75, 3.05) is 0 Å². The van der Waals surface area contributed by atoms with E-state index in [9.17, 15) is 4.39 Å². The molecular weight excluding hydrogens is 357 g/mol. The Balaban J connectivity index is 2.06. The van der Waals surface area contributed by atoms with Crippen LogP contribution in [0.2, 0.25) is 5.02 Å². The standard InChI is InChI=1S/C10H4BrClFN5S/c11-10-14-4-7(19-10)9-15-17-18(16-9)8-5(12)2-1-3-6(8)13/h1-4H. The average molecular weight is 361 g/mol. The molecule has 0 bridgehead atoms. The Labute approximate surface area is 124 Å². The highest BCUT2D eigenvalue weighted by molar-refractivity contribution is 9.11. The summed E-state index contributed by atoms with van der Waals surface area (Å²) in [6.45, 7) is 0. The zero-order valence-electron chi connectivity index (χ0n) is 9.09. The second-order valence-corrected chi connectivity index (χ2v) is 6.16. The Bertz CT molecular complexity index is 723. The molecule has 0 fully saturated rings. The molecule has 3 rings (SSSR count). The van der Waals surface area contributed by atoms with Gasteiger partial charge in [-0.2, -0.15) is 0 Å². The van der Waals surface area contributed by atoms with Crippen LogP contribution in [0.1, 0.15) is 0 Å². The number of thiazole rings is 1. The Hall–Kier alpha value is -1.38. The minimum absolute atomic E-state index is 0.0755. The molecular formula is C10H4BrClFN5S. The SMILES string of the molecule is Fc1cccc(Cl)c1-n1nnc(-c2cnc(Br)s2)n1. The molecule has 96 valence electrons. The highest BCUT2D eigenvalue weighted by Gasteiger charge is 2.15. The highest BCUT2D eigenvalue weighted by atomic mass is 79.9. The van der Waals surface area contributed by atoms with Gasteiger partial charge in [0.1, 0.15) is 5.69 Å². The highest BCUT2D eigenvalue weighted by Crippen LogP contribution is 2.27. The van der Waals surface area contributed by atoms with Crippen LogP contribution >= 0.6 is 38.9 Å². The smallest absolute Gasteiger partial charge is 0.216 e. The van der Waals surface area contributed by atoms with E-state index in [0.717, 1.165) is 9.67 Å².